The van der Waals surface area contributed by atoms with Gasteiger partial charge in [0.2, 0.25) is 0 Å². The molecule has 5 nitrogen and oxygen atoms in total. The van der Waals surface area contributed by atoms with Crippen molar-refractivity contribution in [1.29, 1.82) is 0 Å². The number of carboxylic acids is 1. The maximum atomic E-state index is 9.79. The summed E-state index contributed by atoms with van der Waals surface area (Å²) in [7, 11) is 0. The van der Waals surface area contributed by atoms with Crippen molar-refractivity contribution in [2.45, 2.75) is 6.04 Å². The second-order valence-electron chi connectivity index (χ2n) is 1.12. The van der Waals surface area contributed by atoms with E-state index in [2.05, 4.69) is 5.84 Å². The molecule has 8 heavy (non-hydrogen) atoms. The highest BCUT2D eigenvalue weighted by Crippen LogP contribution is 1.70. The molecule has 0 heterocycles. The van der Waals surface area contributed by atoms with E-state index in [0.717, 1.165) is 0 Å². The van der Waals surface area contributed by atoms with Crippen LogP contribution in [-0.4, -0.2) is 23.4 Å². The first-order valence-corrected chi connectivity index (χ1v) is 1.86. The summed E-state index contributed by atoms with van der Waals surface area (Å²) in [6.07, 6.45) is 0.211. The molecule has 46 valence electrons. The maximum Gasteiger partial charge on any atom is 0.329 e. The van der Waals surface area contributed by atoms with Gasteiger partial charge in [0, 0.05) is 0 Å². The Bertz CT molecular complexity index is 103. The van der Waals surface area contributed by atoms with Crippen molar-refractivity contribution in [3.05, 3.63) is 0 Å². The van der Waals surface area contributed by atoms with Crippen LogP contribution in [0.2, 0.25) is 0 Å². The first-order chi connectivity index (χ1) is 3.72. The zero-order valence-electron chi connectivity index (χ0n) is 4.00. The number of aliphatic carboxylic acids is 1. The average Bonchev–Trinajstić information content (AvgIpc) is 1.69. The third-order valence-corrected chi connectivity index (χ3v) is 0.582. The van der Waals surface area contributed by atoms with Crippen LogP contribution in [0.25, 0.3) is 0 Å². The van der Waals surface area contributed by atoms with Crippen LogP contribution >= 0.6 is 0 Å². The van der Waals surface area contributed by atoms with Crippen molar-refractivity contribution >= 4 is 12.3 Å². The largest absolute Gasteiger partial charge is 0.480 e. The van der Waals surface area contributed by atoms with Gasteiger partial charge in [-0.05, 0) is 0 Å². The lowest BCUT2D eigenvalue weighted by Gasteiger charge is -1.98. The van der Waals surface area contributed by atoms with Gasteiger partial charge in [-0.15, -0.1) is 0 Å². The Kier molecular flexibility index (Phi) is 2.75. The highest BCUT2D eigenvalue weighted by atomic mass is 16.4. The van der Waals surface area contributed by atoms with Crippen LogP contribution in [-0.2, 0) is 9.59 Å². The van der Waals surface area contributed by atoms with E-state index in [1.807, 2.05) is 0 Å². The van der Waals surface area contributed by atoms with Crippen LogP contribution in [0.5, 0.6) is 0 Å². The van der Waals surface area contributed by atoms with Crippen LogP contribution in [0.1, 0.15) is 0 Å². The number of rotatable bonds is 3. The van der Waals surface area contributed by atoms with Gasteiger partial charge in [0.25, 0.3) is 0 Å². The Hall–Kier alpha value is -0.940. The Morgan fingerprint density at radius 1 is 1.88 bits per heavy atom. The minimum Gasteiger partial charge on any atom is -0.480 e. The van der Waals surface area contributed by atoms with Crippen LogP contribution < -0.4 is 11.3 Å². The summed E-state index contributed by atoms with van der Waals surface area (Å²) in [5.74, 6) is 3.35. The van der Waals surface area contributed by atoms with Crippen molar-refractivity contribution in [3.63, 3.8) is 0 Å². The fraction of sp³-hybridized carbons (Fsp3) is 0.333. The smallest absolute Gasteiger partial charge is 0.329 e. The molecular weight excluding hydrogens is 112 g/mol. The van der Waals surface area contributed by atoms with E-state index in [-0.39, 0.29) is 6.29 Å². The standard InChI is InChI=1S/C3H6N2O3/c4-5-2(1-6)3(7)8/h1-2,5H,4H2,(H,7,8). The number of hydrogen-bond donors (Lipinski definition) is 3. The van der Waals surface area contributed by atoms with Crippen LogP contribution in [0, 0.1) is 0 Å². The van der Waals surface area contributed by atoms with Crippen LogP contribution in [0.15, 0.2) is 0 Å². The van der Waals surface area contributed by atoms with Gasteiger partial charge in [0.05, 0.1) is 0 Å². The zero-order chi connectivity index (χ0) is 6.57. The molecule has 0 aliphatic rings. The number of nitrogens with one attached hydrogen (secondary N) is 1. The molecule has 0 saturated carbocycles. The summed E-state index contributed by atoms with van der Waals surface area (Å²) in [6.45, 7) is 0. The van der Waals surface area contributed by atoms with E-state index in [4.69, 9.17) is 5.11 Å². The van der Waals surface area contributed by atoms with Gasteiger partial charge in [-0.3, -0.25) is 5.84 Å². The molecule has 0 aromatic carbocycles. The molecule has 5 heteroatoms. The predicted molar refractivity (Wildman–Crippen MR) is 24.8 cm³/mol. The first kappa shape index (κ1) is 7.06. The molecule has 0 bridgehead atoms. The molecule has 0 rings (SSSR count). The number of hydrazine groups is 1. The number of carbonyl (C=O) groups excluding carboxylic acids is 1. The molecule has 0 amide bonds. The van der Waals surface area contributed by atoms with Crippen molar-refractivity contribution in [1.82, 2.24) is 5.43 Å². The van der Waals surface area contributed by atoms with Gasteiger partial charge in [0.1, 0.15) is 6.29 Å². The molecule has 0 aromatic rings. The first-order valence-electron chi connectivity index (χ1n) is 1.86. The van der Waals surface area contributed by atoms with Gasteiger partial charge in [-0.2, -0.15) is 0 Å². The Balaban J connectivity index is 3.69. The molecule has 0 aromatic heterocycles. The zero-order valence-corrected chi connectivity index (χ0v) is 4.00. The average molecular weight is 118 g/mol. The topological polar surface area (TPSA) is 92.4 Å². The predicted octanol–water partition coefficient (Wildman–Crippen LogP) is -1.90. The second kappa shape index (κ2) is 3.11. The van der Waals surface area contributed by atoms with Gasteiger partial charge in [-0.25, -0.2) is 10.2 Å². The van der Waals surface area contributed by atoms with E-state index in [1.54, 1.807) is 5.43 Å². The Labute approximate surface area is 45.4 Å². The maximum absolute atomic E-state index is 9.79. The SMILES string of the molecule is NNC(C=O)C(=O)O. The van der Waals surface area contributed by atoms with E-state index in [1.165, 1.54) is 0 Å². The summed E-state index contributed by atoms with van der Waals surface area (Å²) in [5.41, 5.74) is 1.78. The fourth-order valence-electron chi connectivity index (χ4n) is 0.169. The van der Waals surface area contributed by atoms with E-state index >= 15 is 0 Å². The van der Waals surface area contributed by atoms with Crippen LogP contribution in [0.4, 0.5) is 0 Å². The molecule has 0 aliphatic heterocycles. The Morgan fingerprint density at radius 2 is 2.38 bits per heavy atom. The van der Waals surface area contributed by atoms with E-state index < -0.39 is 12.0 Å². The summed E-state index contributed by atoms with van der Waals surface area (Å²) < 4.78 is 0. The molecule has 0 saturated heterocycles. The number of hydrogen-bond acceptors (Lipinski definition) is 4. The molecule has 0 fully saturated rings. The number of carbonyl (C=O) groups is 2. The quantitative estimate of drug-likeness (QED) is 0.174. The molecule has 0 spiro atoms. The van der Waals surface area contributed by atoms with Gasteiger partial charge < -0.3 is 9.90 Å². The number of nitrogens with two attached hydrogens (primary N) is 1. The lowest BCUT2D eigenvalue weighted by atomic mass is 10.4. The lowest BCUT2D eigenvalue weighted by Crippen LogP contribution is -2.42. The summed E-state index contributed by atoms with van der Waals surface area (Å²) in [6, 6.07) is -1.28. The third kappa shape index (κ3) is 1.67. The number of carboxylic acid groups (broad SMARTS) is 1. The second-order valence-corrected chi connectivity index (χ2v) is 1.12. The summed E-state index contributed by atoms with van der Waals surface area (Å²) >= 11 is 0. The third-order valence-electron chi connectivity index (χ3n) is 0.582. The van der Waals surface area contributed by atoms with Crippen molar-refractivity contribution < 1.29 is 14.7 Å². The monoisotopic (exact) mass is 118 g/mol. The van der Waals surface area contributed by atoms with Crippen molar-refractivity contribution in [2.24, 2.45) is 5.84 Å². The summed E-state index contributed by atoms with van der Waals surface area (Å²) in [4.78, 5) is 19.4. The van der Waals surface area contributed by atoms with E-state index in [0.29, 0.717) is 0 Å². The Morgan fingerprint density at radius 3 is 2.38 bits per heavy atom. The minimum absolute atomic E-state index is 0.211. The molecule has 0 aliphatic carbocycles. The van der Waals surface area contributed by atoms with Gasteiger partial charge in [0.15, 0.2) is 6.04 Å². The van der Waals surface area contributed by atoms with Gasteiger partial charge >= 0.3 is 5.97 Å². The van der Waals surface area contributed by atoms with Crippen molar-refractivity contribution in [3.8, 4) is 0 Å². The minimum atomic E-state index is -1.28. The normalized spacial score (nSPS) is 12.6. The summed E-state index contributed by atoms with van der Waals surface area (Å²) in [5, 5.41) is 8.00. The highest BCUT2D eigenvalue weighted by Gasteiger charge is 2.11. The molecular formula is C3H6N2O3. The van der Waals surface area contributed by atoms with E-state index in [9.17, 15) is 9.59 Å². The molecule has 1 unspecified atom stereocenters. The van der Waals surface area contributed by atoms with Gasteiger partial charge in [-0.1, -0.05) is 0 Å². The van der Waals surface area contributed by atoms with Crippen molar-refractivity contribution in [2.75, 3.05) is 0 Å². The lowest BCUT2D eigenvalue weighted by molar-refractivity contribution is -0.140. The molecule has 4 N–H and O–H groups in total. The molecule has 0 radical (unpaired) electrons. The highest BCUT2D eigenvalue weighted by molar-refractivity contribution is 5.90. The molecule has 1 atom stereocenters. The number of aldehydes is 1. The fourth-order valence-corrected chi connectivity index (χ4v) is 0.169. The van der Waals surface area contributed by atoms with Crippen LogP contribution in [0.3, 0.4) is 0 Å².